The van der Waals surface area contributed by atoms with Crippen molar-refractivity contribution in [2.45, 2.75) is 13.8 Å². The van der Waals surface area contributed by atoms with Gasteiger partial charge in [-0.25, -0.2) is 0 Å². The van der Waals surface area contributed by atoms with E-state index in [4.69, 9.17) is 0 Å². The van der Waals surface area contributed by atoms with Crippen molar-refractivity contribution in [3.05, 3.63) is 77.1 Å². The Morgan fingerprint density at radius 1 is 0.900 bits per heavy atom. The molecule has 0 aliphatic heterocycles. The van der Waals surface area contributed by atoms with Crippen LogP contribution in [0, 0.1) is 13.8 Å². The maximum Gasteiger partial charge on any atom is 0.195 e. The lowest BCUT2D eigenvalue weighted by Crippen LogP contribution is -2.06. The third kappa shape index (κ3) is 1.99. The average molecular weight is 261 g/mol. The van der Waals surface area contributed by atoms with E-state index in [0.717, 1.165) is 27.5 Å². The SMILES string of the molecule is Cc1cccc(C(=O)c2cncc3ccccc23)c1C. The Labute approximate surface area is 118 Å². The minimum absolute atomic E-state index is 0.0375. The first-order valence-electron chi connectivity index (χ1n) is 6.62. The molecule has 20 heavy (non-hydrogen) atoms. The van der Waals surface area contributed by atoms with E-state index in [1.807, 2.05) is 56.3 Å². The highest BCUT2D eigenvalue weighted by molar-refractivity contribution is 6.16. The Hall–Kier alpha value is -2.48. The summed E-state index contributed by atoms with van der Waals surface area (Å²) < 4.78 is 0. The molecule has 2 heteroatoms. The van der Waals surface area contributed by atoms with E-state index in [-0.39, 0.29) is 5.78 Å². The van der Waals surface area contributed by atoms with Crippen LogP contribution in [0.15, 0.2) is 54.9 Å². The monoisotopic (exact) mass is 261 g/mol. The van der Waals surface area contributed by atoms with E-state index in [0.29, 0.717) is 5.56 Å². The maximum atomic E-state index is 12.8. The van der Waals surface area contributed by atoms with Crippen molar-refractivity contribution in [3.8, 4) is 0 Å². The fraction of sp³-hybridized carbons (Fsp3) is 0.111. The molecule has 0 aliphatic rings. The average Bonchev–Trinajstić information content (AvgIpc) is 2.49. The van der Waals surface area contributed by atoms with Gasteiger partial charge in [0.2, 0.25) is 0 Å². The third-order valence-electron chi connectivity index (χ3n) is 3.76. The van der Waals surface area contributed by atoms with Crippen LogP contribution < -0.4 is 0 Å². The van der Waals surface area contributed by atoms with Crippen LogP contribution in [0.3, 0.4) is 0 Å². The van der Waals surface area contributed by atoms with Gasteiger partial charge in [-0.15, -0.1) is 0 Å². The van der Waals surface area contributed by atoms with E-state index >= 15 is 0 Å². The summed E-state index contributed by atoms with van der Waals surface area (Å²) in [6.07, 6.45) is 3.45. The van der Waals surface area contributed by atoms with Crippen molar-refractivity contribution in [2.24, 2.45) is 0 Å². The number of benzene rings is 2. The first kappa shape index (κ1) is 12.5. The fourth-order valence-corrected chi connectivity index (χ4v) is 2.44. The van der Waals surface area contributed by atoms with Crippen LogP contribution in [0.1, 0.15) is 27.0 Å². The summed E-state index contributed by atoms with van der Waals surface area (Å²) in [5, 5.41) is 1.94. The number of aryl methyl sites for hydroxylation is 1. The molecule has 0 aliphatic carbocycles. The molecule has 3 rings (SSSR count). The minimum atomic E-state index is 0.0375. The summed E-state index contributed by atoms with van der Waals surface area (Å²) in [4.78, 5) is 17.0. The first-order chi connectivity index (χ1) is 9.68. The molecule has 2 nitrogen and oxygen atoms in total. The zero-order valence-electron chi connectivity index (χ0n) is 11.6. The van der Waals surface area contributed by atoms with Gasteiger partial charge < -0.3 is 0 Å². The third-order valence-corrected chi connectivity index (χ3v) is 3.76. The van der Waals surface area contributed by atoms with Crippen LogP contribution in [-0.2, 0) is 0 Å². The van der Waals surface area contributed by atoms with Crippen molar-refractivity contribution < 1.29 is 4.79 Å². The van der Waals surface area contributed by atoms with Gasteiger partial charge in [-0.05, 0) is 30.4 Å². The van der Waals surface area contributed by atoms with Crippen LogP contribution in [0.2, 0.25) is 0 Å². The quantitative estimate of drug-likeness (QED) is 0.650. The highest BCUT2D eigenvalue weighted by Gasteiger charge is 2.15. The fourth-order valence-electron chi connectivity index (χ4n) is 2.44. The number of hydrogen-bond donors (Lipinski definition) is 0. The van der Waals surface area contributed by atoms with Gasteiger partial charge in [-0.2, -0.15) is 0 Å². The Morgan fingerprint density at radius 3 is 2.55 bits per heavy atom. The van der Waals surface area contributed by atoms with Gasteiger partial charge in [0.25, 0.3) is 0 Å². The van der Waals surface area contributed by atoms with Crippen LogP contribution in [0.25, 0.3) is 10.8 Å². The topological polar surface area (TPSA) is 30.0 Å². The molecule has 0 saturated carbocycles. The van der Waals surface area contributed by atoms with Crippen molar-refractivity contribution in [2.75, 3.05) is 0 Å². The molecule has 1 aromatic heterocycles. The van der Waals surface area contributed by atoms with Gasteiger partial charge in [0.15, 0.2) is 5.78 Å². The van der Waals surface area contributed by atoms with Crippen LogP contribution in [-0.4, -0.2) is 10.8 Å². The Kier molecular flexibility index (Phi) is 3.07. The molecular weight excluding hydrogens is 246 g/mol. The first-order valence-corrected chi connectivity index (χ1v) is 6.62. The molecular formula is C18H15NO. The van der Waals surface area contributed by atoms with Crippen molar-refractivity contribution in [1.82, 2.24) is 4.98 Å². The zero-order chi connectivity index (χ0) is 14.1. The van der Waals surface area contributed by atoms with E-state index < -0.39 is 0 Å². The van der Waals surface area contributed by atoms with Crippen LogP contribution in [0.4, 0.5) is 0 Å². The highest BCUT2D eigenvalue weighted by Crippen LogP contribution is 2.22. The normalized spacial score (nSPS) is 10.7. The van der Waals surface area contributed by atoms with Crippen LogP contribution in [0.5, 0.6) is 0 Å². The number of nitrogens with zero attached hydrogens (tertiary/aromatic N) is 1. The molecule has 0 radical (unpaired) electrons. The van der Waals surface area contributed by atoms with E-state index in [2.05, 4.69) is 4.98 Å². The molecule has 3 aromatic rings. The molecule has 0 fully saturated rings. The standard InChI is InChI=1S/C18H15NO/c1-12-6-5-9-15(13(12)2)18(20)17-11-19-10-14-7-3-4-8-16(14)17/h3-11H,1-2H3. The number of aromatic nitrogens is 1. The summed E-state index contributed by atoms with van der Waals surface area (Å²) in [7, 11) is 0. The lowest BCUT2D eigenvalue weighted by atomic mass is 9.94. The van der Waals surface area contributed by atoms with E-state index in [1.54, 1.807) is 12.4 Å². The van der Waals surface area contributed by atoms with Crippen molar-refractivity contribution >= 4 is 16.6 Å². The molecule has 0 amide bonds. The smallest absolute Gasteiger partial charge is 0.195 e. The molecule has 0 saturated heterocycles. The summed E-state index contributed by atoms with van der Waals surface area (Å²) >= 11 is 0. The van der Waals surface area contributed by atoms with Gasteiger partial charge >= 0.3 is 0 Å². The van der Waals surface area contributed by atoms with Gasteiger partial charge in [0.05, 0.1) is 0 Å². The number of ketones is 1. The Balaban J connectivity index is 2.21. The predicted octanol–water partition coefficient (Wildman–Crippen LogP) is 4.08. The van der Waals surface area contributed by atoms with Gasteiger partial charge in [0, 0.05) is 28.9 Å². The van der Waals surface area contributed by atoms with E-state index in [1.165, 1.54) is 0 Å². The number of fused-ring (bicyclic) bond motifs is 1. The second kappa shape index (κ2) is 4.89. The minimum Gasteiger partial charge on any atom is -0.289 e. The summed E-state index contributed by atoms with van der Waals surface area (Å²) in [5.74, 6) is 0.0375. The molecule has 2 aromatic carbocycles. The predicted molar refractivity (Wildman–Crippen MR) is 81.1 cm³/mol. The lowest BCUT2D eigenvalue weighted by Gasteiger charge is -2.09. The summed E-state index contributed by atoms with van der Waals surface area (Å²) in [6.45, 7) is 4.01. The van der Waals surface area contributed by atoms with Crippen molar-refractivity contribution in [1.29, 1.82) is 0 Å². The Morgan fingerprint density at radius 2 is 1.70 bits per heavy atom. The number of pyridine rings is 1. The Bertz CT molecular complexity index is 800. The summed E-state index contributed by atoms with van der Waals surface area (Å²) in [5.41, 5.74) is 3.58. The number of hydrogen-bond acceptors (Lipinski definition) is 2. The van der Waals surface area contributed by atoms with Gasteiger partial charge in [0.1, 0.15) is 0 Å². The van der Waals surface area contributed by atoms with Crippen LogP contribution >= 0.6 is 0 Å². The van der Waals surface area contributed by atoms with Crippen molar-refractivity contribution in [3.63, 3.8) is 0 Å². The molecule has 0 N–H and O–H groups in total. The van der Waals surface area contributed by atoms with Gasteiger partial charge in [-0.1, -0.05) is 42.5 Å². The second-order valence-corrected chi connectivity index (χ2v) is 4.98. The lowest BCUT2D eigenvalue weighted by molar-refractivity contribution is 0.103. The largest absolute Gasteiger partial charge is 0.289 e. The number of carbonyl (C=O) groups is 1. The highest BCUT2D eigenvalue weighted by atomic mass is 16.1. The molecule has 0 spiro atoms. The number of carbonyl (C=O) groups excluding carboxylic acids is 1. The van der Waals surface area contributed by atoms with Gasteiger partial charge in [-0.3, -0.25) is 9.78 Å². The summed E-state index contributed by atoms with van der Waals surface area (Å²) in [6, 6.07) is 13.7. The second-order valence-electron chi connectivity index (χ2n) is 4.98. The molecule has 0 bridgehead atoms. The zero-order valence-corrected chi connectivity index (χ0v) is 11.6. The number of rotatable bonds is 2. The van der Waals surface area contributed by atoms with E-state index in [9.17, 15) is 4.79 Å². The molecule has 1 heterocycles. The molecule has 0 atom stereocenters. The molecule has 98 valence electrons. The molecule has 0 unspecified atom stereocenters. The maximum absolute atomic E-state index is 12.8.